The Morgan fingerprint density at radius 3 is 1.86 bits per heavy atom. The van der Waals surface area contributed by atoms with E-state index >= 15 is 0 Å². The first-order valence-corrected chi connectivity index (χ1v) is 14.0. The van der Waals surface area contributed by atoms with E-state index in [-0.39, 0.29) is 5.41 Å². The van der Waals surface area contributed by atoms with Crippen LogP contribution in [0.4, 0.5) is 0 Å². The molecule has 0 radical (unpaired) electrons. The summed E-state index contributed by atoms with van der Waals surface area (Å²) in [5, 5.41) is 20.9. The molecule has 3 aromatic heterocycles. The van der Waals surface area contributed by atoms with Gasteiger partial charge < -0.3 is 4.57 Å². The van der Waals surface area contributed by atoms with E-state index in [1.54, 1.807) is 24.3 Å². The Morgan fingerprint density at radius 1 is 0.651 bits per heavy atom. The number of para-hydroxylation sites is 2. The highest BCUT2D eigenvalue weighted by atomic mass is 15.2. The van der Waals surface area contributed by atoms with Crippen LogP contribution in [0.25, 0.3) is 56.2 Å². The summed E-state index contributed by atoms with van der Waals surface area (Å²) in [4.78, 5) is 15.0. The number of aromatic nitrogens is 5. The van der Waals surface area contributed by atoms with Crippen molar-refractivity contribution in [2.75, 3.05) is 0 Å². The summed E-state index contributed by atoms with van der Waals surface area (Å²) in [5.41, 5.74) is 8.13. The maximum atomic E-state index is 9.35. The van der Waals surface area contributed by atoms with Gasteiger partial charge in [-0.2, -0.15) is 20.5 Å². The minimum atomic E-state index is -0.261. The molecule has 0 spiro atoms. The summed E-state index contributed by atoms with van der Waals surface area (Å²) in [6.45, 7) is 4.54. The van der Waals surface area contributed by atoms with Crippen molar-refractivity contribution in [3.8, 4) is 46.5 Å². The summed E-state index contributed by atoms with van der Waals surface area (Å²) in [6.07, 6.45) is 2.24. The molecule has 0 bridgehead atoms. The van der Waals surface area contributed by atoms with Crippen molar-refractivity contribution in [3.63, 3.8) is 0 Å². The number of nitriles is 2. The zero-order chi connectivity index (χ0) is 29.3. The van der Waals surface area contributed by atoms with Crippen LogP contribution < -0.4 is 0 Å². The van der Waals surface area contributed by atoms with Crippen LogP contribution in [-0.2, 0) is 5.41 Å². The van der Waals surface area contributed by atoms with Gasteiger partial charge in [0.2, 0.25) is 5.95 Å². The van der Waals surface area contributed by atoms with E-state index in [4.69, 9.17) is 15.0 Å². The Balaban J connectivity index is 1.46. The van der Waals surface area contributed by atoms with Crippen molar-refractivity contribution >= 4 is 21.8 Å². The van der Waals surface area contributed by atoms with Crippen LogP contribution in [0.3, 0.4) is 0 Å². The highest BCUT2D eigenvalue weighted by Crippen LogP contribution is 2.49. The van der Waals surface area contributed by atoms with Crippen molar-refractivity contribution in [1.29, 1.82) is 10.5 Å². The summed E-state index contributed by atoms with van der Waals surface area (Å²) < 4.78 is 4.47. The number of hydrogen-bond donors (Lipinski definition) is 0. The maximum Gasteiger partial charge on any atom is 0.238 e. The lowest BCUT2D eigenvalue weighted by atomic mass is 9.83. The maximum absolute atomic E-state index is 9.35. The fourth-order valence-corrected chi connectivity index (χ4v) is 6.38. The Bertz CT molecular complexity index is 2250. The van der Waals surface area contributed by atoms with Crippen LogP contribution >= 0.6 is 0 Å². The predicted octanol–water partition coefficient (Wildman–Crippen LogP) is 7.48. The first kappa shape index (κ1) is 24.7. The summed E-state index contributed by atoms with van der Waals surface area (Å²) in [7, 11) is 0. The van der Waals surface area contributed by atoms with Gasteiger partial charge in [-0.25, -0.2) is 4.98 Å². The van der Waals surface area contributed by atoms with Gasteiger partial charge in [-0.3, -0.25) is 4.57 Å². The van der Waals surface area contributed by atoms with E-state index in [0.717, 1.165) is 32.9 Å². The van der Waals surface area contributed by atoms with Crippen molar-refractivity contribution < 1.29 is 0 Å². The first-order chi connectivity index (χ1) is 21.0. The molecule has 4 heterocycles. The van der Waals surface area contributed by atoms with E-state index in [2.05, 4.69) is 83.8 Å². The molecule has 0 aliphatic carbocycles. The molecule has 43 heavy (non-hydrogen) atoms. The summed E-state index contributed by atoms with van der Waals surface area (Å²) in [5.74, 6) is 1.50. The Kier molecular flexibility index (Phi) is 5.16. The summed E-state index contributed by atoms with van der Waals surface area (Å²) in [6, 6.07) is 35.8. The fourth-order valence-electron chi connectivity index (χ4n) is 6.38. The molecule has 0 saturated heterocycles. The number of fused-ring (bicyclic) bond motifs is 7. The third kappa shape index (κ3) is 3.56. The SMILES string of the molecule is CC1(C)c2ccccc2-n2cc3c4ccccc4n(-c4nc(-c5ccc(C#N)cc5)nc(-c5ccc(C#N)cc5)n4)c3c21. The fraction of sp³-hybridized carbons (Fsp3) is 0.0833. The molecule has 0 amide bonds. The van der Waals surface area contributed by atoms with Gasteiger partial charge in [0.1, 0.15) is 0 Å². The van der Waals surface area contributed by atoms with E-state index in [9.17, 15) is 10.5 Å². The second-order valence-electron chi connectivity index (χ2n) is 11.3. The molecule has 0 N–H and O–H groups in total. The smallest absolute Gasteiger partial charge is 0.238 e. The molecule has 202 valence electrons. The molecule has 1 aliphatic heterocycles. The third-order valence-corrected chi connectivity index (χ3v) is 8.43. The molecule has 0 fully saturated rings. The van der Waals surface area contributed by atoms with Crippen molar-refractivity contribution in [3.05, 3.63) is 126 Å². The van der Waals surface area contributed by atoms with Crippen molar-refractivity contribution in [2.45, 2.75) is 19.3 Å². The predicted molar refractivity (Wildman–Crippen MR) is 166 cm³/mol. The Hall–Kier alpha value is -6.05. The molecule has 7 aromatic rings. The molecule has 8 rings (SSSR count). The molecule has 1 aliphatic rings. The monoisotopic (exact) mass is 553 g/mol. The topological polar surface area (TPSA) is 96.1 Å². The van der Waals surface area contributed by atoms with Gasteiger partial charge in [0, 0.05) is 39.2 Å². The van der Waals surface area contributed by atoms with Gasteiger partial charge >= 0.3 is 0 Å². The Morgan fingerprint density at radius 2 is 1.23 bits per heavy atom. The quantitative estimate of drug-likeness (QED) is 0.226. The van der Waals surface area contributed by atoms with Gasteiger partial charge in [-0.1, -0.05) is 50.2 Å². The van der Waals surface area contributed by atoms with Gasteiger partial charge in [-0.05, 0) is 66.2 Å². The zero-order valence-corrected chi connectivity index (χ0v) is 23.4. The number of benzene rings is 4. The highest BCUT2D eigenvalue weighted by Gasteiger charge is 2.39. The molecule has 0 saturated carbocycles. The van der Waals surface area contributed by atoms with Crippen LogP contribution in [0.1, 0.15) is 36.2 Å². The van der Waals surface area contributed by atoms with Crippen molar-refractivity contribution in [2.24, 2.45) is 0 Å². The molecule has 0 atom stereocenters. The van der Waals surface area contributed by atoms with Crippen LogP contribution in [0.5, 0.6) is 0 Å². The minimum Gasteiger partial charge on any atom is -0.317 e. The number of rotatable bonds is 3. The van der Waals surface area contributed by atoms with E-state index in [0.29, 0.717) is 28.7 Å². The van der Waals surface area contributed by atoms with Gasteiger partial charge in [0.25, 0.3) is 0 Å². The molecule has 0 unspecified atom stereocenters. The van der Waals surface area contributed by atoms with E-state index in [1.807, 2.05) is 30.3 Å². The minimum absolute atomic E-state index is 0.261. The largest absolute Gasteiger partial charge is 0.317 e. The lowest BCUT2D eigenvalue weighted by Crippen LogP contribution is -2.17. The van der Waals surface area contributed by atoms with Crippen molar-refractivity contribution in [1.82, 2.24) is 24.1 Å². The lowest BCUT2D eigenvalue weighted by Gasteiger charge is -2.20. The van der Waals surface area contributed by atoms with Crippen LogP contribution in [0.2, 0.25) is 0 Å². The lowest BCUT2D eigenvalue weighted by molar-refractivity contribution is 0.645. The van der Waals surface area contributed by atoms with E-state index in [1.165, 1.54) is 16.9 Å². The zero-order valence-electron chi connectivity index (χ0n) is 23.4. The van der Waals surface area contributed by atoms with Crippen LogP contribution in [-0.4, -0.2) is 24.1 Å². The first-order valence-electron chi connectivity index (χ1n) is 14.0. The number of hydrogen-bond acceptors (Lipinski definition) is 5. The number of nitrogens with zero attached hydrogens (tertiary/aromatic N) is 7. The summed E-state index contributed by atoms with van der Waals surface area (Å²) >= 11 is 0. The molecule has 7 nitrogen and oxygen atoms in total. The normalized spacial score (nSPS) is 13.0. The van der Waals surface area contributed by atoms with Gasteiger partial charge in [0.05, 0.1) is 40.0 Å². The van der Waals surface area contributed by atoms with Crippen LogP contribution in [0, 0.1) is 22.7 Å². The molecule has 4 aromatic carbocycles. The average Bonchev–Trinajstić information content (AvgIpc) is 3.66. The molecular formula is C36H23N7. The highest BCUT2D eigenvalue weighted by molar-refractivity contribution is 6.11. The average molecular weight is 554 g/mol. The molecule has 7 heteroatoms. The molecular weight excluding hydrogens is 530 g/mol. The van der Waals surface area contributed by atoms with Gasteiger partial charge in [0.15, 0.2) is 11.6 Å². The van der Waals surface area contributed by atoms with Crippen LogP contribution in [0.15, 0.2) is 103 Å². The van der Waals surface area contributed by atoms with E-state index < -0.39 is 0 Å². The standard InChI is InChI=1S/C36H23N7/c1-36(2)28-8-4-6-10-30(28)42-21-27-26-7-3-5-9-29(26)43(31(27)32(36)42)35-40-33(24-15-11-22(19-37)12-16-24)39-34(41-35)25-17-13-23(20-38)14-18-25/h3-18,21H,1-2H3. The Labute approximate surface area is 247 Å². The third-order valence-electron chi connectivity index (χ3n) is 8.43. The van der Waals surface area contributed by atoms with Gasteiger partial charge in [-0.15, -0.1) is 0 Å². The second kappa shape index (κ2) is 8.97. The second-order valence-corrected chi connectivity index (χ2v) is 11.3.